The molecule has 0 bridgehead atoms. The lowest BCUT2D eigenvalue weighted by Gasteiger charge is -2.06. The Morgan fingerprint density at radius 3 is 2.81 bits per heavy atom. The maximum Gasteiger partial charge on any atom is 0.364 e. The van der Waals surface area contributed by atoms with Crippen molar-refractivity contribution >= 4 is 5.97 Å². The largest absolute Gasteiger partial charge is 0.489 e. The van der Waals surface area contributed by atoms with E-state index >= 15 is 0 Å². The zero-order chi connectivity index (χ0) is 15.2. The minimum absolute atomic E-state index is 0.00428. The molecular formula is C15H15NO5. The number of esters is 1. The topological polar surface area (TPSA) is 70.8 Å². The number of carbonyl (C=O) groups excluding carboxylic acids is 1. The summed E-state index contributed by atoms with van der Waals surface area (Å²) in [6.45, 7) is 3.94. The second-order valence-electron chi connectivity index (χ2n) is 3.95. The second-order valence-corrected chi connectivity index (χ2v) is 3.95. The summed E-state index contributed by atoms with van der Waals surface area (Å²) in [7, 11) is 2.65. The van der Waals surface area contributed by atoms with Gasteiger partial charge < -0.3 is 18.6 Å². The lowest BCUT2D eigenvalue weighted by molar-refractivity contribution is 0.0588. The first-order chi connectivity index (χ1) is 10.2. The van der Waals surface area contributed by atoms with E-state index in [0.29, 0.717) is 17.9 Å². The van der Waals surface area contributed by atoms with Crippen LogP contribution in [-0.4, -0.2) is 31.8 Å². The predicted octanol–water partition coefficient (Wildman–Crippen LogP) is 2.70. The van der Waals surface area contributed by atoms with Crippen molar-refractivity contribution in [2.24, 2.45) is 0 Å². The lowest BCUT2D eigenvalue weighted by Crippen LogP contribution is -2.03. The van der Waals surface area contributed by atoms with Gasteiger partial charge in [-0.15, -0.1) is 0 Å². The Bertz CT molecular complexity index is 647. The summed E-state index contributed by atoms with van der Waals surface area (Å²) in [4.78, 5) is 15.7. The number of nitrogens with zero attached hydrogens (tertiary/aromatic N) is 1. The summed E-state index contributed by atoms with van der Waals surface area (Å²) in [5, 5.41) is 0. The van der Waals surface area contributed by atoms with E-state index in [9.17, 15) is 4.79 Å². The summed E-state index contributed by atoms with van der Waals surface area (Å²) >= 11 is 0. The van der Waals surface area contributed by atoms with Crippen molar-refractivity contribution in [3.63, 3.8) is 0 Å². The van der Waals surface area contributed by atoms with Gasteiger partial charge in [-0.05, 0) is 12.1 Å². The van der Waals surface area contributed by atoms with Crippen LogP contribution in [0.2, 0.25) is 0 Å². The van der Waals surface area contributed by atoms with Gasteiger partial charge in [0.15, 0.2) is 0 Å². The van der Waals surface area contributed by atoms with Gasteiger partial charge in [0.05, 0.1) is 19.8 Å². The van der Waals surface area contributed by atoms with E-state index in [2.05, 4.69) is 16.3 Å². The molecule has 0 N–H and O–H groups in total. The fourth-order valence-electron chi connectivity index (χ4n) is 1.70. The van der Waals surface area contributed by atoms with Crippen LogP contribution < -0.4 is 9.47 Å². The Labute approximate surface area is 122 Å². The number of benzene rings is 1. The van der Waals surface area contributed by atoms with Crippen molar-refractivity contribution < 1.29 is 23.4 Å². The monoisotopic (exact) mass is 289 g/mol. The number of hydrogen-bond acceptors (Lipinski definition) is 6. The van der Waals surface area contributed by atoms with Crippen molar-refractivity contribution in [2.45, 2.75) is 0 Å². The highest BCUT2D eigenvalue weighted by molar-refractivity contribution is 5.90. The molecule has 6 nitrogen and oxygen atoms in total. The van der Waals surface area contributed by atoms with E-state index in [1.54, 1.807) is 18.2 Å². The van der Waals surface area contributed by atoms with E-state index in [0.717, 1.165) is 0 Å². The summed E-state index contributed by atoms with van der Waals surface area (Å²) in [6, 6.07) is 7.17. The molecule has 1 aromatic heterocycles. The maximum atomic E-state index is 11.6. The van der Waals surface area contributed by atoms with Crippen LogP contribution in [0, 0.1) is 0 Å². The third-order valence-electron chi connectivity index (χ3n) is 2.63. The van der Waals surface area contributed by atoms with E-state index < -0.39 is 5.97 Å². The molecule has 0 fully saturated rings. The fourth-order valence-corrected chi connectivity index (χ4v) is 1.70. The van der Waals surface area contributed by atoms with Gasteiger partial charge in [-0.1, -0.05) is 24.8 Å². The van der Waals surface area contributed by atoms with Crippen LogP contribution >= 0.6 is 0 Å². The summed E-state index contributed by atoms with van der Waals surface area (Å²) in [6.07, 6.45) is 1.63. The van der Waals surface area contributed by atoms with Crippen molar-refractivity contribution in [1.82, 2.24) is 4.98 Å². The number of para-hydroxylation sites is 1. The van der Waals surface area contributed by atoms with Crippen LogP contribution in [0.5, 0.6) is 11.7 Å². The first kappa shape index (κ1) is 14.6. The molecule has 0 amide bonds. The van der Waals surface area contributed by atoms with Gasteiger partial charge in [-0.3, -0.25) is 0 Å². The lowest BCUT2D eigenvalue weighted by atomic mass is 10.2. The van der Waals surface area contributed by atoms with Gasteiger partial charge in [0.25, 0.3) is 0 Å². The Hall–Kier alpha value is -2.76. The third-order valence-corrected chi connectivity index (χ3v) is 2.63. The molecule has 0 saturated carbocycles. The molecule has 0 aliphatic carbocycles. The molecule has 0 saturated heterocycles. The summed E-state index contributed by atoms with van der Waals surface area (Å²) in [5.41, 5.74) is 0.585. The van der Waals surface area contributed by atoms with Crippen molar-refractivity contribution in [2.75, 3.05) is 20.8 Å². The molecule has 21 heavy (non-hydrogen) atoms. The predicted molar refractivity (Wildman–Crippen MR) is 75.5 cm³/mol. The average molecular weight is 289 g/mol. The standard InChI is InChI=1S/C15H15NO5/c1-4-9-20-11-8-6-5-7-10(11)13-16-12(14(17)18-2)15(19-3)21-13/h4-8H,1,9H2,2-3H3. The Kier molecular flexibility index (Phi) is 4.61. The fraction of sp³-hybridized carbons (Fsp3) is 0.200. The van der Waals surface area contributed by atoms with E-state index in [4.69, 9.17) is 13.9 Å². The van der Waals surface area contributed by atoms with Crippen LogP contribution in [0.3, 0.4) is 0 Å². The number of aromatic nitrogens is 1. The highest BCUT2D eigenvalue weighted by Gasteiger charge is 2.23. The molecule has 0 spiro atoms. The van der Waals surface area contributed by atoms with Crippen LogP contribution in [0.25, 0.3) is 11.5 Å². The van der Waals surface area contributed by atoms with Gasteiger partial charge >= 0.3 is 11.9 Å². The van der Waals surface area contributed by atoms with Crippen molar-refractivity contribution in [3.05, 3.63) is 42.6 Å². The first-order valence-corrected chi connectivity index (χ1v) is 6.17. The number of oxazole rings is 1. The SMILES string of the molecule is C=CCOc1ccccc1-c1nc(C(=O)OC)c(OC)o1. The highest BCUT2D eigenvalue weighted by atomic mass is 16.6. The van der Waals surface area contributed by atoms with Gasteiger partial charge in [0, 0.05) is 0 Å². The average Bonchev–Trinajstić information content (AvgIpc) is 2.96. The van der Waals surface area contributed by atoms with E-state index in [-0.39, 0.29) is 17.5 Å². The normalized spacial score (nSPS) is 10.0. The van der Waals surface area contributed by atoms with E-state index in [1.807, 2.05) is 12.1 Å². The molecule has 0 radical (unpaired) electrons. The molecule has 1 heterocycles. The highest BCUT2D eigenvalue weighted by Crippen LogP contribution is 2.33. The first-order valence-electron chi connectivity index (χ1n) is 6.17. The van der Waals surface area contributed by atoms with Crippen LogP contribution in [0.15, 0.2) is 41.3 Å². The zero-order valence-corrected chi connectivity index (χ0v) is 11.8. The minimum atomic E-state index is -0.633. The molecule has 2 aromatic rings. The molecule has 110 valence electrons. The number of methoxy groups -OCH3 is 2. The minimum Gasteiger partial charge on any atom is -0.489 e. The third kappa shape index (κ3) is 3.05. The molecule has 0 aliphatic rings. The molecule has 2 rings (SSSR count). The van der Waals surface area contributed by atoms with Gasteiger partial charge in [-0.25, -0.2) is 4.79 Å². The number of carbonyl (C=O) groups is 1. The number of hydrogen-bond donors (Lipinski definition) is 0. The number of ether oxygens (including phenoxy) is 3. The van der Waals surface area contributed by atoms with Gasteiger partial charge in [-0.2, -0.15) is 4.98 Å². The molecule has 0 unspecified atom stereocenters. The van der Waals surface area contributed by atoms with Crippen molar-refractivity contribution in [1.29, 1.82) is 0 Å². The zero-order valence-electron chi connectivity index (χ0n) is 11.8. The van der Waals surface area contributed by atoms with Crippen molar-refractivity contribution in [3.8, 4) is 23.1 Å². The summed E-state index contributed by atoms with van der Waals surface area (Å²) in [5.74, 6) is 0.145. The molecular weight excluding hydrogens is 274 g/mol. The Morgan fingerprint density at radius 2 is 2.14 bits per heavy atom. The molecule has 6 heteroatoms. The summed E-state index contributed by atoms with van der Waals surface area (Å²) < 4.78 is 20.6. The Morgan fingerprint density at radius 1 is 1.38 bits per heavy atom. The Balaban J connectivity index is 2.45. The quantitative estimate of drug-likeness (QED) is 0.601. The smallest absolute Gasteiger partial charge is 0.364 e. The molecule has 0 atom stereocenters. The second kappa shape index (κ2) is 6.60. The van der Waals surface area contributed by atoms with Gasteiger partial charge in [0.1, 0.15) is 12.4 Å². The van der Waals surface area contributed by atoms with Crippen LogP contribution in [0.1, 0.15) is 10.5 Å². The molecule has 1 aromatic carbocycles. The van der Waals surface area contributed by atoms with E-state index in [1.165, 1.54) is 14.2 Å². The van der Waals surface area contributed by atoms with Gasteiger partial charge in [0.2, 0.25) is 11.6 Å². The molecule has 0 aliphatic heterocycles. The number of rotatable bonds is 6. The van der Waals surface area contributed by atoms with Crippen LogP contribution in [-0.2, 0) is 4.74 Å². The maximum absolute atomic E-state index is 11.6. The van der Waals surface area contributed by atoms with Crippen LogP contribution in [0.4, 0.5) is 0 Å².